The molecule has 0 saturated carbocycles. The van der Waals surface area contributed by atoms with Crippen molar-refractivity contribution in [2.24, 2.45) is 0 Å². The Morgan fingerprint density at radius 2 is 1.78 bits per heavy atom. The van der Waals surface area contributed by atoms with E-state index in [2.05, 4.69) is 20.8 Å². The van der Waals surface area contributed by atoms with Gasteiger partial charge in [-0.15, -0.1) is 0 Å². The molecule has 2 aromatic carbocycles. The van der Waals surface area contributed by atoms with Crippen LogP contribution in [0.3, 0.4) is 0 Å². The third-order valence-electron chi connectivity index (χ3n) is 5.10. The molecule has 0 aromatic heterocycles. The number of halogens is 1. The van der Waals surface area contributed by atoms with Crippen LogP contribution in [0.1, 0.15) is 55.6 Å². The third-order valence-corrected chi connectivity index (χ3v) is 5.33. The lowest BCUT2D eigenvalue weighted by Crippen LogP contribution is -2.41. The van der Waals surface area contributed by atoms with Gasteiger partial charge in [0.25, 0.3) is 5.91 Å². The van der Waals surface area contributed by atoms with Crippen LogP contribution in [0.4, 0.5) is 5.69 Å². The maximum absolute atomic E-state index is 12.9. The van der Waals surface area contributed by atoms with E-state index in [0.717, 1.165) is 5.56 Å². The van der Waals surface area contributed by atoms with Gasteiger partial charge >= 0.3 is 0 Å². The molecule has 3 rings (SSSR count). The van der Waals surface area contributed by atoms with E-state index in [-0.39, 0.29) is 17.6 Å². The van der Waals surface area contributed by atoms with Crippen LogP contribution in [-0.2, 0) is 15.8 Å². The van der Waals surface area contributed by atoms with Crippen molar-refractivity contribution in [3.63, 3.8) is 0 Å². The number of hydrogen-bond donors (Lipinski definition) is 1. The summed E-state index contributed by atoms with van der Waals surface area (Å²) in [7, 11) is 0. The lowest BCUT2D eigenvalue weighted by molar-refractivity contribution is -0.135. The second-order valence-electron chi connectivity index (χ2n) is 8.00. The summed E-state index contributed by atoms with van der Waals surface area (Å²) in [6.07, 6.45) is -0.315. The molecule has 0 spiro atoms. The summed E-state index contributed by atoms with van der Waals surface area (Å²) in [5, 5.41) is 11.6. The number of amides is 1. The largest absolute Gasteiger partial charge is 0.375 e. The Labute approximate surface area is 164 Å². The molecule has 1 aliphatic heterocycles. The Kier molecular flexibility index (Phi) is 4.91. The van der Waals surface area contributed by atoms with E-state index in [4.69, 9.17) is 11.6 Å². The molecule has 1 unspecified atom stereocenters. The Hall–Kier alpha value is -2.17. The smallest absolute Gasteiger partial charge is 0.264 e. The first kappa shape index (κ1) is 19.6. The lowest BCUT2D eigenvalue weighted by Gasteiger charge is -2.22. The average Bonchev–Trinajstić information content (AvgIpc) is 2.81. The Bertz CT molecular complexity index is 899. The van der Waals surface area contributed by atoms with Crippen LogP contribution in [0.25, 0.3) is 0 Å². The van der Waals surface area contributed by atoms with Crippen molar-refractivity contribution in [2.75, 3.05) is 11.4 Å². The molecule has 1 amide bonds. The minimum Gasteiger partial charge on any atom is -0.375 e. The fourth-order valence-electron chi connectivity index (χ4n) is 3.50. The van der Waals surface area contributed by atoms with Crippen LogP contribution in [0, 0.1) is 0 Å². The third kappa shape index (κ3) is 3.40. The van der Waals surface area contributed by atoms with Crippen molar-refractivity contribution in [1.29, 1.82) is 0 Å². The molecule has 0 aliphatic carbocycles. The van der Waals surface area contributed by atoms with Crippen molar-refractivity contribution >= 4 is 29.0 Å². The molecule has 27 heavy (non-hydrogen) atoms. The van der Waals surface area contributed by atoms with Crippen molar-refractivity contribution in [3.05, 3.63) is 64.2 Å². The number of ketones is 1. The monoisotopic (exact) mass is 385 g/mol. The van der Waals surface area contributed by atoms with Crippen molar-refractivity contribution in [2.45, 2.75) is 45.1 Å². The zero-order valence-electron chi connectivity index (χ0n) is 16.0. The van der Waals surface area contributed by atoms with Crippen LogP contribution >= 0.6 is 11.6 Å². The average molecular weight is 386 g/mol. The molecule has 1 N–H and O–H groups in total. The van der Waals surface area contributed by atoms with Gasteiger partial charge in [0.2, 0.25) is 0 Å². The second kappa shape index (κ2) is 6.77. The standard InChI is InChI=1S/C22H24ClNO3/c1-5-24-18-11-10-16(23)12-17(18)22(27,20(24)26)13-19(25)14-6-8-15(9-7-14)21(2,3)4/h6-12,27H,5,13H2,1-4H3. The Morgan fingerprint density at radius 1 is 1.15 bits per heavy atom. The summed E-state index contributed by atoms with van der Waals surface area (Å²) < 4.78 is 0. The van der Waals surface area contributed by atoms with E-state index < -0.39 is 11.5 Å². The summed E-state index contributed by atoms with van der Waals surface area (Å²) in [5.41, 5.74) is 0.674. The van der Waals surface area contributed by atoms with Crippen molar-refractivity contribution in [3.8, 4) is 0 Å². The van der Waals surface area contributed by atoms with Gasteiger partial charge in [-0.2, -0.15) is 0 Å². The molecule has 2 aromatic rings. The predicted molar refractivity (Wildman–Crippen MR) is 107 cm³/mol. The molecule has 142 valence electrons. The highest BCUT2D eigenvalue weighted by atomic mass is 35.5. The summed E-state index contributed by atoms with van der Waals surface area (Å²) in [6.45, 7) is 8.54. The van der Waals surface area contributed by atoms with Crippen LogP contribution in [0.5, 0.6) is 0 Å². The fourth-order valence-corrected chi connectivity index (χ4v) is 3.67. The fraction of sp³-hybridized carbons (Fsp3) is 0.364. The van der Waals surface area contributed by atoms with Crippen LogP contribution in [0.2, 0.25) is 5.02 Å². The lowest BCUT2D eigenvalue weighted by atomic mass is 9.85. The highest BCUT2D eigenvalue weighted by Gasteiger charge is 2.50. The molecule has 0 bridgehead atoms. The predicted octanol–water partition coefficient (Wildman–Crippen LogP) is 4.46. The van der Waals surface area contributed by atoms with Gasteiger partial charge in [0.15, 0.2) is 11.4 Å². The number of fused-ring (bicyclic) bond motifs is 1. The van der Waals surface area contributed by atoms with E-state index in [1.165, 1.54) is 4.90 Å². The Balaban J connectivity index is 1.93. The maximum atomic E-state index is 12.9. The number of nitrogens with zero attached hydrogens (tertiary/aromatic N) is 1. The minimum absolute atomic E-state index is 0.0154. The second-order valence-corrected chi connectivity index (χ2v) is 8.43. The number of carbonyl (C=O) groups excluding carboxylic acids is 2. The Morgan fingerprint density at radius 3 is 2.33 bits per heavy atom. The molecular weight excluding hydrogens is 362 g/mol. The summed E-state index contributed by atoms with van der Waals surface area (Å²) in [4.78, 5) is 27.2. The first-order valence-electron chi connectivity index (χ1n) is 9.06. The molecular formula is C22H24ClNO3. The first-order valence-corrected chi connectivity index (χ1v) is 9.44. The number of hydrogen-bond acceptors (Lipinski definition) is 3. The topological polar surface area (TPSA) is 57.6 Å². The zero-order valence-corrected chi connectivity index (χ0v) is 16.8. The number of Topliss-reactive ketones (excluding diaryl/α,β-unsaturated/α-hetero) is 1. The van der Waals surface area contributed by atoms with E-state index in [9.17, 15) is 14.7 Å². The molecule has 1 aliphatic rings. The molecule has 1 heterocycles. The number of anilines is 1. The van der Waals surface area contributed by atoms with E-state index in [0.29, 0.717) is 28.4 Å². The van der Waals surface area contributed by atoms with Crippen LogP contribution in [0.15, 0.2) is 42.5 Å². The van der Waals surface area contributed by atoms with Gasteiger partial charge in [-0.05, 0) is 36.1 Å². The number of rotatable bonds is 4. The molecule has 0 fully saturated rings. The van der Waals surface area contributed by atoms with Gasteiger partial charge in [-0.3, -0.25) is 9.59 Å². The van der Waals surface area contributed by atoms with Gasteiger partial charge in [-0.1, -0.05) is 56.6 Å². The van der Waals surface area contributed by atoms with E-state index >= 15 is 0 Å². The molecule has 0 saturated heterocycles. The van der Waals surface area contributed by atoms with Gasteiger partial charge < -0.3 is 10.0 Å². The highest BCUT2D eigenvalue weighted by Crippen LogP contribution is 2.44. The zero-order chi connectivity index (χ0) is 20.0. The minimum atomic E-state index is -1.89. The van der Waals surface area contributed by atoms with Crippen LogP contribution < -0.4 is 4.90 Å². The normalized spacial score (nSPS) is 19.3. The SMILES string of the molecule is CCN1C(=O)C(O)(CC(=O)c2ccc(C(C)(C)C)cc2)c2cc(Cl)ccc21. The van der Waals surface area contributed by atoms with E-state index in [1.807, 2.05) is 19.1 Å². The van der Waals surface area contributed by atoms with Gasteiger partial charge in [-0.25, -0.2) is 0 Å². The van der Waals surface area contributed by atoms with Crippen molar-refractivity contribution in [1.82, 2.24) is 0 Å². The molecule has 1 atom stereocenters. The van der Waals surface area contributed by atoms with Gasteiger partial charge in [0.05, 0.1) is 12.1 Å². The first-order chi connectivity index (χ1) is 12.6. The summed E-state index contributed by atoms with van der Waals surface area (Å²) >= 11 is 6.08. The molecule has 4 nitrogen and oxygen atoms in total. The quantitative estimate of drug-likeness (QED) is 0.790. The highest BCUT2D eigenvalue weighted by molar-refractivity contribution is 6.31. The van der Waals surface area contributed by atoms with Crippen LogP contribution in [-0.4, -0.2) is 23.3 Å². The summed E-state index contributed by atoms with van der Waals surface area (Å²) in [5.74, 6) is -0.767. The number of likely N-dealkylation sites (N-methyl/N-ethyl adjacent to an activating group) is 1. The number of aliphatic hydroxyl groups is 1. The summed E-state index contributed by atoms with van der Waals surface area (Å²) in [6, 6.07) is 12.3. The number of benzene rings is 2. The number of carbonyl (C=O) groups is 2. The van der Waals surface area contributed by atoms with Gasteiger partial charge in [0.1, 0.15) is 0 Å². The van der Waals surface area contributed by atoms with Gasteiger partial charge in [0, 0.05) is 22.7 Å². The van der Waals surface area contributed by atoms with Crippen molar-refractivity contribution < 1.29 is 14.7 Å². The maximum Gasteiger partial charge on any atom is 0.264 e. The van der Waals surface area contributed by atoms with E-state index in [1.54, 1.807) is 30.3 Å². The molecule has 0 radical (unpaired) electrons. The molecule has 5 heteroatoms.